The Hall–Kier alpha value is -3.15. The summed E-state index contributed by atoms with van der Waals surface area (Å²) in [7, 11) is 1.68. The van der Waals surface area contributed by atoms with Gasteiger partial charge in [0, 0.05) is 12.6 Å². The van der Waals surface area contributed by atoms with E-state index in [0.717, 1.165) is 16.7 Å². The molecule has 0 atom stereocenters. The molecule has 0 aliphatic heterocycles. The number of rotatable bonds is 6. The Morgan fingerprint density at radius 2 is 1.85 bits per heavy atom. The van der Waals surface area contributed by atoms with Gasteiger partial charge in [-0.3, -0.25) is 4.79 Å². The molecule has 26 heavy (non-hydrogen) atoms. The first-order valence-corrected chi connectivity index (χ1v) is 8.34. The van der Waals surface area contributed by atoms with E-state index < -0.39 is 0 Å². The number of aryl methyl sites for hydroxylation is 2. The molecular weight excluding hydrogens is 330 g/mol. The van der Waals surface area contributed by atoms with Crippen LogP contribution in [0.3, 0.4) is 0 Å². The first-order valence-electron chi connectivity index (χ1n) is 8.34. The molecule has 0 bridgehead atoms. The van der Waals surface area contributed by atoms with Crippen molar-refractivity contribution < 1.29 is 13.9 Å². The molecule has 0 radical (unpaired) electrons. The molecule has 0 aliphatic rings. The van der Waals surface area contributed by atoms with Gasteiger partial charge in [0.05, 0.1) is 6.54 Å². The molecule has 1 amide bonds. The Bertz CT molecular complexity index is 887. The number of ether oxygens (including phenoxy) is 1. The van der Waals surface area contributed by atoms with Crippen LogP contribution in [0.4, 0.5) is 0 Å². The van der Waals surface area contributed by atoms with Crippen LogP contribution in [0.25, 0.3) is 11.5 Å². The molecule has 6 nitrogen and oxygen atoms in total. The van der Waals surface area contributed by atoms with Gasteiger partial charge in [-0.05, 0) is 43.7 Å². The molecule has 0 spiro atoms. The van der Waals surface area contributed by atoms with E-state index in [-0.39, 0.29) is 19.1 Å². The van der Waals surface area contributed by atoms with Crippen LogP contribution in [0, 0.1) is 13.8 Å². The van der Waals surface area contributed by atoms with Crippen LogP contribution >= 0.6 is 0 Å². The highest BCUT2D eigenvalue weighted by molar-refractivity contribution is 5.77. The van der Waals surface area contributed by atoms with Crippen molar-refractivity contribution >= 4 is 5.91 Å². The van der Waals surface area contributed by atoms with Crippen molar-refractivity contribution in [3.05, 3.63) is 65.5 Å². The van der Waals surface area contributed by atoms with Crippen LogP contribution in [0.5, 0.6) is 5.75 Å². The fraction of sp³-hybridized carbons (Fsp3) is 0.250. The number of carbonyl (C=O) groups is 1. The van der Waals surface area contributed by atoms with Gasteiger partial charge in [-0.15, -0.1) is 10.2 Å². The van der Waals surface area contributed by atoms with E-state index in [9.17, 15) is 4.79 Å². The summed E-state index contributed by atoms with van der Waals surface area (Å²) in [5.74, 6) is 1.33. The third-order valence-corrected chi connectivity index (χ3v) is 3.92. The molecule has 0 saturated carbocycles. The fourth-order valence-corrected chi connectivity index (χ4v) is 2.38. The highest BCUT2D eigenvalue weighted by Gasteiger charge is 2.15. The second-order valence-corrected chi connectivity index (χ2v) is 6.22. The molecule has 1 aromatic heterocycles. The predicted molar refractivity (Wildman–Crippen MR) is 97.6 cm³/mol. The second kappa shape index (κ2) is 7.82. The number of benzene rings is 2. The Morgan fingerprint density at radius 3 is 2.58 bits per heavy atom. The molecule has 2 aromatic carbocycles. The van der Waals surface area contributed by atoms with Gasteiger partial charge in [-0.2, -0.15) is 0 Å². The molecule has 0 saturated heterocycles. The van der Waals surface area contributed by atoms with Crippen molar-refractivity contribution in [1.29, 1.82) is 0 Å². The Labute approximate surface area is 152 Å². The molecule has 3 aromatic rings. The Morgan fingerprint density at radius 1 is 1.08 bits per heavy atom. The molecule has 3 rings (SSSR count). The maximum Gasteiger partial charge on any atom is 0.260 e. The minimum Gasteiger partial charge on any atom is -0.484 e. The topological polar surface area (TPSA) is 68.5 Å². The number of hydrogen-bond acceptors (Lipinski definition) is 5. The standard InChI is InChI=1S/C20H21N3O3/c1-14-7-9-16(10-8-14)20-22-21-18(26-20)12-23(3)19(24)13-25-17-6-4-5-15(2)11-17/h4-11H,12-13H2,1-3H3. The molecule has 6 heteroatoms. The zero-order chi connectivity index (χ0) is 18.5. The van der Waals surface area contributed by atoms with E-state index in [0.29, 0.717) is 17.5 Å². The lowest BCUT2D eigenvalue weighted by atomic mass is 10.1. The van der Waals surface area contributed by atoms with Gasteiger partial charge in [0.2, 0.25) is 11.8 Å². The monoisotopic (exact) mass is 351 g/mol. The van der Waals surface area contributed by atoms with E-state index in [1.807, 2.05) is 62.4 Å². The molecule has 0 fully saturated rings. The van der Waals surface area contributed by atoms with Crippen molar-refractivity contribution in [3.63, 3.8) is 0 Å². The quantitative estimate of drug-likeness (QED) is 0.681. The van der Waals surface area contributed by atoms with Crippen LogP contribution < -0.4 is 4.74 Å². The predicted octanol–water partition coefficient (Wildman–Crippen LogP) is 3.39. The van der Waals surface area contributed by atoms with Crippen molar-refractivity contribution in [2.75, 3.05) is 13.7 Å². The minimum absolute atomic E-state index is 0.0427. The number of carbonyl (C=O) groups excluding carboxylic acids is 1. The number of hydrogen-bond donors (Lipinski definition) is 0. The molecule has 0 unspecified atom stereocenters. The SMILES string of the molecule is Cc1ccc(-c2nnc(CN(C)C(=O)COc3cccc(C)c3)o2)cc1. The van der Waals surface area contributed by atoms with E-state index in [4.69, 9.17) is 9.15 Å². The van der Waals surface area contributed by atoms with Crippen LogP contribution in [-0.4, -0.2) is 34.7 Å². The zero-order valence-electron chi connectivity index (χ0n) is 15.1. The van der Waals surface area contributed by atoms with E-state index in [1.165, 1.54) is 4.90 Å². The van der Waals surface area contributed by atoms with Gasteiger partial charge in [-0.1, -0.05) is 29.8 Å². The first kappa shape index (κ1) is 17.7. The largest absolute Gasteiger partial charge is 0.484 e. The summed E-state index contributed by atoms with van der Waals surface area (Å²) in [5, 5.41) is 8.06. The van der Waals surface area contributed by atoms with Gasteiger partial charge >= 0.3 is 0 Å². The van der Waals surface area contributed by atoms with E-state index in [2.05, 4.69) is 10.2 Å². The van der Waals surface area contributed by atoms with Crippen LogP contribution in [-0.2, 0) is 11.3 Å². The van der Waals surface area contributed by atoms with Crippen molar-refractivity contribution in [2.24, 2.45) is 0 Å². The third-order valence-electron chi connectivity index (χ3n) is 3.92. The lowest BCUT2D eigenvalue weighted by molar-refractivity contribution is -0.132. The van der Waals surface area contributed by atoms with E-state index in [1.54, 1.807) is 7.05 Å². The zero-order valence-corrected chi connectivity index (χ0v) is 15.1. The molecular formula is C20H21N3O3. The number of aromatic nitrogens is 2. The minimum atomic E-state index is -0.165. The second-order valence-electron chi connectivity index (χ2n) is 6.22. The average molecular weight is 351 g/mol. The van der Waals surface area contributed by atoms with Crippen LogP contribution in [0.1, 0.15) is 17.0 Å². The summed E-state index contributed by atoms with van der Waals surface area (Å²) in [6, 6.07) is 15.4. The highest BCUT2D eigenvalue weighted by Crippen LogP contribution is 2.19. The fourth-order valence-electron chi connectivity index (χ4n) is 2.38. The first-order chi connectivity index (χ1) is 12.5. The molecule has 1 heterocycles. The number of likely N-dealkylation sites (N-methyl/N-ethyl adjacent to an activating group) is 1. The highest BCUT2D eigenvalue weighted by atomic mass is 16.5. The van der Waals surface area contributed by atoms with Crippen molar-refractivity contribution in [1.82, 2.24) is 15.1 Å². The van der Waals surface area contributed by atoms with Crippen LogP contribution in [0.2, 0.25) is 0 Å². The van der Waals surface area contributed by atoms with E-state index >= 15 is 0 Å². The van der Waals surface area contributed by atoms with Crippen molar-refractivity contribution in [3.8, 4) is 17.2 Å². The van der Waals surface area contributed by atoms with Gasteiger partial charge in [-0.25, -0.2) is 0 Å². The summed E-state index contributed by atoms with van der Waals surface area (Å²) in [6.07, 6.45) is 0. The lowest BCUT2D eigenvalue weighted by Crippen LogP contribution is -2.31. The van der Waals surface area contributed by atoms with Crippen molar-refractivity contribution in [2.45, 2.75) is 20.4 Å². The van der Waals surface area contributed by atoms with Crippen LogP contribution in [0.15, 0.2) is 52.9 Å². The summed E-state index contributed by atoms with van der Waals surface area (Å²) in [5.41, 5.74) is 3.09. The average Bonchev–Trinajstić information content (AvgIpc) is 3.08. The van der Waals surface area contributed by atoms with Gasteiger partial charge in [0.1, 0.15) is 5.75 Å². The maximum absolute atomic E-state index is 12.2. The van der Waals surface area contributed by atoms with Gasteiger partial charge in [0.15, 0.2) is 6.61 Å². The molecule has 134 valence electrons. The van der Waals surface area contributed by atoms with Gasteiger partial charge < -0.3 is 14.1 Å². The molecule has 0 N–H and O–H groups in total. The third kappa shape index (κ3) is 4.47. The Kier molecular flexibility index (Phi) is 5.31. The smallest absolute Gasteiger partial charge is 0.260 e. The van der Waals surface area contributed by atoms with Gasteiger partial charge in [0.25, 0.3) is 5.91 Å². The summed E-state index contributed by atoms with van der Waals surface area (Å²) in [6.45, 7) is 4.18. The molecule has 0 aliphatic carbocycles. The lowest BCUT2D eigenvalue weighted by Gasteiger charge is -2.15. The summed E-state index contributed by atoms with van der Waals surface area (Å²) < 4.78 is 11.2. The maximum atomic E-state index is 12.2. The Balaban J connectivity index is 1.56. The summed E-state index contributed by atoms with van der Waals surface area (Å²) >= 11 is 0. The number of amides is 1. The number of nitrogens with zero attached hydrogens (tertiary/aromatic N) is 3. The summed E-state index contributed by atoms with van der Waals surface area (Å²) in [4.78, 5) is 13.7. The normalized spacial score (nSPS) is 10.6.